The first kappa shape index (κ1) is 27.2. The largest absolute Gasteiger partial charge is 0.486 e. The molecule has 3 rings (SSSR count). The average Bonchev–Trinajstić information content (AvgIpc) is 3.25. The van der Waals surface area contributed by atoms with Crippen LogP contribution >= 0.6 is 24.0 Å². The third-order valence-electron chi connectivity index (χ3n) is 5.49. The minimum Gasteiger partial charge on any atom is -0.486 e. The van der Waals surface area contributed by atoms with Gasteiger partial charge in [0.15, 0.2) is 17.5 Å². The van der Waals surface area contributed by atoms with Crippen LogP contribution in [0.3, 0.4) is 0 Å². The van der Waals surface area contributed by atoms with Crippen molar-refractivity contribution in [2.45, 2.75) is 66.0 Å². The van der Waals surface area contributed by atoms with Crippen molar-refractivity contribution in [1.29, 1.82) is 0 Å². The number of aromatic nitrogens is 3. The highest BCUT2D eigenvalue weighted by atomic mass is 127. The van der Waals surface area contributed by atoms with Gasteiger partial charge in [-0.2, -0.15) is 0 Å². The van der Waals surface area contributed by atoms with Crippen LogP contribution in [0.15, 0.2) is 29.5 Å². The van der Waals surface area contributed by atoms with Gasteiger partial charge in [0.2, 0.25) is 0 Å². The van der Waals surface area contributed by atoms with Crippen LogP contribution in [0.2, 0.25) is 0 Å². The van der Waals surface area contributed by atoms with Crippen molar-refractivity contribution in [2.24, 2.45) is 10.9 Å². The number of nitrogens with zero attached hydrogens (tertiary/aromatic N) is 4. The molecule has 0 aliphatic carbocycles. The van der Waals surface area contributed by atoms with Crippen molar-refractivity contribution in [3.8, 4) is 11.5 Å². The fourth-order valence-corrected chi connectivity index (χ4v) is 3.62. The number of guanidine groups is 1. The zero-order valence-corrected chi connectivity index (χ0v) is 22.7. The molecular formula is C24H39IN6O2. The monoisotopic (exact) mass is 570 g/mol. The van der Waals surface area contributed by atoms with Crippen LogP contribution < -0.4 is 20.1 Å². The molecule has 9 heteroatoms. The highest BCUT2D eigenvalue weighted by Gasteiger charge is 2.12. The molecule has 184 valence electrons. The van der Waals surface area contributed by atoms with E-state index in [2.05, 4.69) is 65.2 Å². The molecule has 0 bridgehead atoms. The van der Waals surface area contributed by atoms with E-state index in [0.717, 1.165) is 55.6 Å². The number of hydrogen-bond acceptors (Lipinski definition) is 5. The molecule has 0 amide bonds. The minimum absolute atomic E-state index is 0. The summed E-state index contributed by atoms with van der Waals surface area (Å²) in [4.78, 5) is 4.84. The maximum Gasteiger partial charge on any atom is 0.191 e. The minimum atomic E-state index is 0. The second-order valence-electron chi connectivity index (χ2n) is 8.70. The molecule has 1 atom stereocenters. The van der Waals surface area contributed by atoms with E-state index >= 15 is 0 Å². The predicted molar refractivity (Wildman–Crippen MR) is 143 cm³/mol. The zero-order valence-electron chi connectivity index (χ0n) is 20.3. The third kappa shape index (κ3) is 9.02. The van der Waals surface area contributed by atoms with E-state index in [1.165, 1.54) is 12.0 Å². The smallest absolute Gasteiger partial charge is 0.191 e. The maximum atomic E-state index is 5.70. The standard InChI is InChI=1S/C24H38N6O2.HI/c1-5-23-29-27-17-30(23)13-12-26-24(28-19(4)7-6-18(2)3)25-11-10-20-8-9-21-22(16-20)32-15-14-31-21;/h8-9,16-19H,5-7,10-15H2,1-4H3,(H2,25,26,28);1H. The Bertz CT molecular complexity index is 870. The van der Waals surface area contributed by atoms with Gasteiger partial charge in [0, 0.05) is 32.1 Å². The third-order valence-corrected chi connectivity index (χ3v) is 5.49. The van der Waals surface area contributed by atoms with Gasteiger partial charge in [-0.3, -0.25) is 4.99 Å². The number of benzene rings is 1. The fraction of sp³-hybridized carbons (Fsp3) is 0.625. The Labute approximate surface area is 215 Å². The Kier molecular flexibility index (Phi) is 11.8. The van der Waals surface area contributed by atoms with Gasteiger partial charge in [-0.15, -0.1) is 34.2 Å². The van der Waals surface area contributed by atoms with E-state index in [1.54, 1.807) is 6.33 Å². The van der Waals surface area contributed by atoms with Crippen molar-refractivity contribution in [1.82, 2.24) is 25.4 Å². The first-order valence-electron chi connectivity index (χ1n) is 11.8. The van der Waals surface area contributed by atoms with E-state index < -0.39 is 0 Å². The molecule has 1 aromatic carbocycles. The molecule has 33 heavy (non-hydrogen) atoms. The molecule has 1 aliphatic heterocycles. The zero-order chi connectivity index (χ0) is 22.8. The molecule has 1 aliphatic rings. The fourth-order valence-electron chi connectivity index (χ4n) is 3.62. The number of aryl methyl sites for hydroxylation is 1. The van der Waals surface area contributed by atoms with E-state index in [0.29, 0.717) is 31.7 Å². The summed E-state index contributed by atoms with van der Waals surface area (Å²) in [5.41, 5.74) is 1.20. The van der Waals surface area contributed by atoms with E-state index in [-0.39, 0.29) is 24.0 Å². The van der Waals surface area contributed by atoms with Crippen LogP contribution in [0.4, 0.5) is 0 Å². The number of halogens is 1. The van der Waals surface area contributed by atoms with E-state index in [4.69, 9.17) is 14.5 Å². The van der Waals surface area contributed by atoms with Gasteiger partial charge < -0.3 is 24.7 Å². The van der Waals surface area contributed by atoms with Gasteiger partial charge in [0.1, 0.15) is 25.4 Å². The lowest BCUT2D eigenvalue weighted by atomic mass is 10.0. The lowest BCUT2D eigenvalue weighted by Gasteiger charge is -2.20. The lowest BCUT2D eigenvalue weighted by Crippen LogP contribution is -2.43. The Morgan fingerprint density at radius 1 is 1.15 bits per heavy atom. The summed E-state index contributed by atoms with van der Waals surface area (Å²) in [5.74, 6) is 4.21. The van der Waals surface area contributed by atoms with Crippen molar-refractivity contribution in [3.63, 3.8) is 0 Å². The van der Waals surface area contributed by atoms with Crippen molar-refractivity contribution < 1.29 is 9.47 Å². The first-order valence-corrected chi connectivity index (χ1v) is 11.8. The van der Waals surface area contributed by atoms with Crippen LogP contribution in [-0.2, 0) is 19.4 Å². The van der Waals surface area contributed by atoms with Gasteiger partial charge in [0.25, 0.3) is 0 Å². The normalized spacial score (nSPS) is 14.0. The van der Waals surface area contributed by atoms with Gasteiger partial charge in [-0.1, -0.05) is 26.8 Å². The summed E-state index contributed by atoms with van der Waals surface area (Å²) < 4.78 is 13.4. The molecule has 2 N–H and O–H groups in total. The summed E-state index contributed by atoms with van der Waals surface area (Å²) in [7, 11) is 0. The highest BCUT2D eigenvalue weighted by molar-refractivity contribution is 14.0. The van der Waals surface area contributed by atoms with Gasteiger partial charge in [0.05, 0.1) is 0 Å². The molecular weight excluding hydrogens is 531 g/mol. The molecule has 0 fully saturated rings. The molecule has 1 aromatic heterocycles. The Balaban J connectivity index is 0.00000385. The number of nitrogens with one attached hydrogen (secondary N) is 2. The average molecular weight is 571 g/mol. The molecule has 0 saturated heterocycles. The van der Waals surface area contributed by atoms with Crippen LogP contribution in [0, 0.1) is 5.92 Å². The Morgan fingerprint density at radius 3 is 2.70 bits per heavy atom. The summed E-state index contributed by atoms with van der Waals surface area (Å²) >= 11 is 0. The summed E-state index contributed by atoms with van der Waals surface area (Å²) in [6.45, 7) is 12.3. The lowest BCUT2D eigenvalue weighted by molar-refractivity contribution is 0.171. The first-order chi connectivity index (χ1) is 15.5. The van der Waals surface area contributed by atoms with Crippen LogP contribution in [-0.4, -0.2) is 53.1 Å². The highest BCUT2D eigenvalue weighted by Crippen LogP contribution is 2.30. The molecule has 2 heterocycles. The van der Waals surface area contributed by atoms with Crippen LogP contribution in [0.5, 0.6) is 11.5 Å². The maximum absolute atomic E-state index is 5.70. The van der Waals surface area contributed by atoms with Gasteiger partial charge >= 0.3 is 0 Å². The topological polar surface area (TPSA) is 85.6 Å². The molecule has 0 radical (unpaired) electrons. The van der Waals surface area contributed by atoms with Crippen molar-refractivity contribution in [3.05, 3.63) is 35.9 Å². The quantitative estimate of drug-likeness (QED) is 0.243. The van der Waals surface area contributed by atoms with E-state index in [9.17, 15) is 0 Å². The van der Waals surface area contributed by atoms with Crippen LogP contribution in [0.1, 0.15) is 51.9 Å². The second kappa shape index (κ2) is 14.3. The number of fused-ring (bicyclic) bond motifs is 1. The van der Waals surface area contributed by atoms with Crippen LogP contribution in [0.25, 0.3) is 0 Å². The van der Waals surface area contributed by atoms with Gasteiger partial charge in [-0.25, -0.2) is 0 Å². The van der Waals surface area contributed by atoms with E-state index in [1.807, 2.05) is 6.07 Å². The second-order valence-corrected chi connectivity index (χ2v) is 8.70. The molecule has 8 nitrogen and oxygen atoms in total. The van der Waals surface area contributed by atoms with Crippen molar-refractivity contribution in [2.75, 3.05) is 26.3 Å². The number of rotatable bonds is 11. The molecule has 2 aromatic rings. The number of hydrogen-bond donors (Lipinski definition) is 2. The number of ether oxygens (including phenoxy) is 2. The SMILES string of the molecule is CCc1nncn1CCNC(=NCCc1ccc2c(c1)OCCO2)NC(C)CCC(C)C.I. The summed E-state index contributed by atoms with van der Waals surface area (Å²) in [5, 5.41) is 15.2. The molecule has 0 spiro atoms. The summed E-state index contributed by atoms with van der Waals surface area (Å²) in [6, 6.07) is 6.50. The predicted octanol–water partition coefficient (Wildman–Crippen LogP) is 3.83. The Hall–Kier alpha value is -2.04. The summed E-state index contributed by atoms with van der Waals surface area (Å²) in [6.07, 6.45) is 5.82. The van der Waals surface area contributed by atoms with Gasteiger partial charge in [-0.05, 0) is 49.8 Å². The van der Waals surface area contributed by atoms with Crippen molar-refractivity contribution >= 4 is 29.9 Å². The number of aliphatic imine (C=N–C) groups is 1. The Morgan fingerprint density at radius 2 is 1.94 bits per heavy atom. The molecule has 1 unspecified atom stereocenters. The molecule has 0 saturated carbocycles.